The summed E-state index contributed by atoms with van der Waals surface area (Å²) in [5.41, 5.74) is 4.15. The molecule has 114 valence electrons. The molecule has 0 saturated carbocycles. The number of pyridine rings is 2. The molecule has 4 rings (SSSR count). The largest absolute Gasteiger partial charge is 0.434 e. The lowest BCUT2D eigenvalue weighted by Crippen LogP contribution is -2.47. The normalized spacial score (nSPS) is 13.7. The van der Waals surface area contributed by atoms with Crippen molar-refractivity contribution in [3.63, 3.8) is 0 Å². The van der Waals surface area contributed by atoms with Gasteiger partial charge in [-0.2, -0.15) is 0 Å². The summed E-state index contributed by atoms with van der Waals surface area (Å²) in [4.78, 5) is 6.57. The standard InChI is InChI=1S/C18H19BN3O/c1-12-8-17(21(4)10-13(12)2)22-11-16-15(9-19(22)3)14-6-5-7-20-18(14)23-16/h5-11H,1-4H3/q+1. The molecule has 1 aliphatic heterocycles. The molecule has 0 N–H and O–H groups in total. The molecule has 0 aliphatic carbocycles. The molecule has 0 amide bonds. The number of fused-ring (bicyclic) bond motifs is 3. The van der Waals surface area contributed by atoms with E-state index < -0.39 is 0 Å². The van der Waals surface area contributed by atoms with Gasteiger partial charge >= 0.3 is 6.85 Å². The maximum absolute atomic E-state index is 5.94. The van der Waals surface area contributed by atoms with Gasteiger partial charge in [0.05, 0.1) is 13.2 Å². The number of rotatable bonds is 1. The number of hydrogen-bond donors (Lipinski definition) is 0. The molecule has 0 atom stereocenters. The number of aromatic nitrogens is 2. The second kappa shape index (κ2) is 4.98. The summed E-state index contributed by atoms with van der Waals surface area (Å²) in [6, 6.07) is 6.24. The summed E-state index contributed by atoms with van der Waals surface area (Å²) in [6.07, 6.45) is 6.02. The Kier molecular flexibility index (Phi) is 3.05. The van der Waals surface area contributed by atoms with Gasteiger partial charge in [0.1, 0.15) is 6.20 Å². The molecule has 0 saturated heterocycles. The van der Waals surface area contributed by atoms with Crippen LogP contribution >= 0.6 is 0 Å². The van der Waals surface area contributed by atoms with Gasteiger partial charge in [0.25, 0.3) is 5.82 Å². The van der Waals surface area contributed by atoms with Crippen LogP contribution in [0.25, 0.3) is 23.3 Å². The number of anilines is 1. The van der Waals surface area contributed by atoms with Crippen molar-refractivity contribution in [2.24, 2.45) is 7.05 Å². The van der Waals surface area contributed by atoms with E-state index in [4.69, 9.17) is 4.42 Å². The Morgan fingerprint density at radius 1 is 1.26 bits per heavy atom. The Morgan fingerprint density at radius 2 is 2.09 bits per heavy atom. The van der Waals surface area contributed by atoms with Crippen LogP contribution in [0.5, 0.6) is 0 Å². The van der Waals surface area contributed by atoms with Crippen molar-refractivity contribution in [3.8, 4) is 0 Å². The van der Waals surface area contributed by atoms with Gasteiger partial charge < -0.3 is 4.42 Å². The monoisotopic (exact) mass is 304 g/mol. The highest BCUT2D eigenvalue weighted by atomic mass is 16.3. The molecule has 0 radical (unpaired) electrons. The van der Waals surface area contributed by atoms with Crippen LogP contribution in [0.3, 0.4) is 0 Å². The van der Waals surface area contributed by atoms with Gasteiger partial charge in [-0.25, -0.2) is 9.55 Å². The van der Waals surface area contributed by atoms with Crippen molar-refractivity contribution >= 4 is 35.9 Å². The van der Waals surface area contributed by atoms with Crippen LogP contribution in [0.1, 0.15) is 11.1 Å². The quantitative estimate of drug-likeness (QED) is 0.504. The Labute approximate surface area is 135 Å². The maximum Gasteiger partial charge on any atom is 0.402 e. The van der Waals surface area contributed by atoms with Crippen LogP contribution in [0, 0.1) is 13.8 Å². The van der Waals surface area contributed by atoms with Crippen LogP contribution in [0.4, 0.5) is 5.82 Å². The first-order valence-corrected chi connectivity index (χ1v) is 7.87. The number of hydrogen-bond acceptors (Lipinski definition) is 3. The first-order valence-electron chi connectivity index (χ1n) is 7.87. The van der Waals surface area contributed by atoms with E-state index in [1.54, 1.807) is 6.20 Å². The molecule has 3 aromatic rings. The van der Waals surface area contributed by atoms with Crippen LogP contribution in [0.15, 0.2) is 35.0 Å². The summed E-state index contributed by atoms with van der Waals surface area (Å²) in [5.74, 6) is 3.40. The van der Waals surface area contributed by atoms with E-state index in [0.717, 1.165) is 21.8 Å². The summed E-state index contributed by atoms with van der Waals surface area (Å²) in [7, 11) is 2.08. The fourth-order valence-corrected chi connectivity index (χ4v) is 3.20. The lowest BCUT2D eigenvalue weighted by atomic mass is 9.61. The van der Waals surface area contributed by atoms with E-state index in [0.29, 0.717) is 5.71 Å². The third kappa shape index (κ3) is 2.15. The number of furan rings is 1. The Morgan fingerprint density at radius 3 is 2.91 bits per heavy atom. The average molecular weight is 304 g/mol. The van der Waals surface area contributed by atoms with Gasteiger partial charge in [0, 0.05) is 22.9 Å². The van der Waals surface area contributed by atoms with E-state index >= 15 is 0 Å². The predicted octanol–water partition coefficient (Wildman–Crippen LogP) is 1.47. The Hall–Kier alpha value is -2.56. The van der Waals surface area contributed by atoms with E-state index in [-0.39, 0.29) is 6.85 Å². The summed E-state index contributed by atoms with van der Waals surface area (Å²) < 4.78 is 8.10. The highest BCUT2D eigenvalue weighted by molar-refractivity contribution is 6.77. The minimum Gasteiger partial charge on any atom is -0.434 e. The summed E-state index contributed by atoms with van der Waals surface area (Å²) in [5, 5.41) is 2.22. The highest BCUT2D eigenvalue weighted by Gasteiger charge is 2.29. The third-order valence-corrected chi connectivity index (χ3v) is 4.62. The zero-order chi connectivity index (χ0) is 16.1. The molecular formula is C18H19BN3O+. The molecular weight excluding hydrogens is 285 g/mol. The van der Waals surface area contributed by atoms with Gasteiger partial charge in [0.15, 0.2) is 5.42 Å². The zero-order valence-corrected chi connectivity index (χ0v) is 13.9. The first kappa shape index (κ1) is 14.1. The fourth-order valence-electron chi connectivity index (χ4n) is 3.20. The predicted molar refractivity (Wildman–Crippen MR) is 93.4 cm³/mol. The van der Waals surface area contributed by atoms with Gasteiger partial charge in [0.2, 0.25) is 5.71 Å². The highest BCUT2D eigenvalue weighted by Crippen LogP contribution is 2.17. The second-order valence-corrected chi connectivity index (χ2v) is 6.29. The third-order valence-electron chi connectivity index (χ3n) is 4.62. The van der Waals surface area contributed by atoms with Crippen molar-refractivity contribution in [1.29, 1.82) is 0 Å². The molecule has 4 heterocycles. The Balaban J connectivity index is 1.94. The molecule has 0 bridgehead atoms. The van der Waals surface area contributed by atoms with Crippen molar-refractivity contribution < 1.29 is 8.98 Å². The average Bonchev–Trinajstić information content (AvgIpc) is 2.88. The zero-order valence-electron chi connectivity index (χ0n) is 13.9. The first-order chi connectivity index (χ1) is 11.0. The minimum atomic E-state index is 0.247. The van der Waals surface area contributed by atoms with Crippen LogP contribution in [0.2, 0.25) is 6.82 Å². The molecule has 23 heavy (non-hydrogen) atoms. The van der Waals surface area contributed by atoms with E-state index in [1.165, 1.54) is 11.1 Å². The van der Waals surface area contributed by atoms with Crippen LogP contribution < -0.4 is 20.0 Å². The molecule has 1 aliphatic rings. The van der Waals surface area contributed by atoms with Crippen LogP contribution in [-0.4, -0.2) is 11.8 Å². The van der Waals surface area contributed by atoms with Gasteiger partial charge in [-0.05, 0) is 43.9 Å². The number of nitrogens with zero attached hydrogens (tertiary/aromatic N) is 3. The smallest absolute Gasteiger partial charge is 0.402 e. The Bertz CT molecular complexity index is 1040. The fraction of sp³-hybridized carbons (Fsp3) is 0.222. The molecule has 5 heteroatoms. The van der Waals surface area contributed by atoms with E-state index in [1.807, 2.05) is 6.07 Å². The SMILES string of the molecule is CB1C=c2c(oc3ncccc23)=CN1c1cc(C)c(C)c[n+]1C. The molecule has 4 nitrogen and oxygen atoms in total. The van der Waals surface area contributed by atoms with Crippen molar-refractivity contribution in [3.05, 3.63) is 52.4 Å². The van der Waals surface area contributed by atoms with Crippen LogP contribution in [-0.2, 0) is 7.05 Å². The molecule has 0 fully saturated rings. The molecule has 0 aromatic carbocycles. The lowest BCUT2D eigenvalue weighted by molar-refractivity contribution is -0.658. The minimum absolute atomic E-state index is 0.247. The molecule has 0 spiro atoms. The van der Waals surface area contributed by atoms with Gasteiger partial charge in [-0.3, -0.25) is 4.81 Å². The lowest BCUT2D eigenvalue weighted by Gasteiger charge is -2.19. The number of aryl methyl sites for hydroxylation is 3. The second-order valence-electron chi connectivity index (χ2n) is 6.29. The summed E-state index contributed by atoms with van der Waals surface area (Å²) in [6.45, 7) is 6.73. The van der Waals surface area contributed by atoms with E-state index in [9.17, 15) is 0 Å². The van der Waals surface area contributed by atoms with Crippen molar-refractivity contribution in [2.45, 2.75) is 20.7 Å². The maximum atomic E-state index is 5.94. The van der Waals surface area contributed by atoms with E-state index in [2.05, 4.69) is 72.6 Å². The summed E-state index contributed by atoms with van der Waals surface area (Å²) >= 11 is 0. The molecule has 3 aromatic heterocycles. The van der Waals surface area contributed by atoms with Crippen molar-refractivity contribution in [2.75, 3.05) is 4.81 Å². The molecule has 0 unspecified atom stereocenters. The van der Waals surface area contributed by atoms with Gasteiger partial charge in [-0.1, -0.05) is 5.98 Å². The van der Waals surface area contributed by atoms with Crippen molar-refractivity contribution in [1.82, 2.24) is 4.98 Å². The topological polar surface area (TPSA) is 33.2 Å². The van der Waals surface area contributed by atoms with Gasteiger partial charge in [-0.15, -0.1) is 0 Å².